The van der Waals surface area contributed by atoms with Gasteiger partial charge < -0.3 is 4.74 Å². The lowest BCUT2D eigenvalue weighted by molar-refractivity contribution is -0.146. The highest BCUT2D eigenvalue weighted by molar-refractivity contribution is 5.78. The minimum Gasteiger partial charge on any atom is -0.465 e. The second-order valence-corrected chi connectivity index (χ2v) is 6.51. The Kier molecular flexibility index (Phi) is 3.66. The summed E-state index contributed by atoms with van der Waals surface area (Å²) >= 11 is 0. The van der Waals surface area contributed by atoms with Crippen LogP contribution in [-0.4, -0.2) is 17.6 Å². The van der Waals surface area contributed by atoms with Crippen LogP contribution >= 0.6 is 0 Å². The molecular formula is C16H23NO2. The van der Waals surface area contributed by atoms with E-state index in [9.17, 15) is 4.79 Å². The molecule has 0 spiro atoms. The number of carbonyl (C=O) groups excluding carboxylic acids is 1. The van der Waals surface area contributed by atoms with Gasteiger partial charge in [0.15, 0.2) is 0 Å². The van der Waals surface area contributed by atoms with E-state index < -0.39 is 0 Å². The van der Waals surface area contributed by atoms with Crippen molar-refractivity contribution in [3.63, 3.8) is 0 Å². The molecule has 0 radical (unpaired) electrons. The molecule has 0 amide bonds. The number of esters is 1. The molecule has 19 heavy (non-hydrogen) atoms. The summed E-state index contributed by atoms with van der Waals surface area (Å²) in [6.07, 6.45) is 5.37. The highest BCUT2D eigenvalue weighted by atomic mass is 16.5. The van der Waals surface area contributed by atoms with E-state index in [1.165, 1.54) is 5.56 Å². The maximum absolute atomic E-state index is 12.0. The van der Waals surface area contributed by atoms with Crippen molar-refractivity contribution in [2.45, 2.75) is 40.5 Å². The van der Waals surface area contributed by atoms with E-state index in [2.05, 4.69) is 32.7 Å². The van der Waals surface area contributed by atoms with E-state index in [4.69, 9.17) is 4.74 Å². The van der Waals surface area contributed by atoms with Gasteiger partial charge in [0.05, 0.1) is 12.5 Å². The summed E-state index contributed by atoms with van der Waals surface area (Å²) in [6, 6.07) is 3.97. The number of carbonyl (C=O) groups is 1. The zero-order valence-electron chi connectivity index (χ0n) is 12.3. The number of hydrogen-bond donors (Lipinski definition) is 0. The smallest absolute Gasteiger partial charge is 0.310 e. The molecule has 3 nitrogen and oxygen atoms in total. The third kappa shape index (κ3) is 2.65. The average molecular weight is 261 g/mol. The van der Waals surface area contributed by atoms with Gasteiger partial charge >= 0.3 is 5.97 Å². The van der Waals surface area contributed by atoms with Crippen LogP contribution in [-0.2, 0) is 16.0 Å². The predicted molar refractivity (Wildman–Crippen MR) is 74.6 cm³/mol. The highest BCUT2D eigenvalue weighted by Gasteiger charge is 2.69. The highest BCUT2D eigenvalue weighted by Crippen LogP contribution is 2.68. The molecule has 3 heteroatoms. The van der Waals surface area contributed by atoms with Crippen molar-refractivity contribution < 1.29 is 9.53 Å². The summed E-state index contributed by atoms with van der Waals surface area (Å²) in [5, 5.41) is 0. The lowest BCUT2D eigenvalue weighted by Crippen LogP contribution is -2.12. The molecule has 1 aliphatic rings. The molecule has 104 valence electrons. The largest absolute Gasteiger partial charge is 0.465 e. The minimum absolute atomic E-state index is 0.0402. The van der Waals surface area contributed by atoms with Crippen LogP contribution in [0.5, 0.6) is 0 Å². The standard InChI is InChI=1S/C16H23NO2/c1-15(2)13(16(15,3)4)14(18)19-10-6-8-12-7-5-9-17-11-12/h5,7,9,11,13H,6,8,10H2,1-4H3. The van der Waals surface area contributed by atoms with Gasteiger partial charge in [-0.3, -0.25) is 9.78 Å². The minimum atomic E-state index is -0.0406. The molecule has 1 aliphatic carbocycles. The Bertz CT molecular complexity index is 437. The average Bonchev–Trinajstić information content (AvgIpc) is 2.76. The fourth-order valence-electron chi connectivity index (χ4n) is 2.86. The van der Waals surface area contributed by atoms with Crippen molar-refractivity contribution in [2.24, 2.45) is 16.7 Å². The summed E-state index contributed by atoms with van der Waals surface area (Å²) in [6.45, 7) is 9.03. The van der Waals surface area contributed by atoms with Gasteiger partial charge in [-0.2, -0.15) is 0 Å². The van der Waals surface area contributed by atoms with E-state index in [0.29, 0.717) is 6.61 Å². The van der Waals surface area contributed by atoms with Crippen LogP contribution in [0.2, 0.25) is 0 Å². The second-order valence-electron chi connectivity index (χ2n) is 6.51. The van der Waals surface area contributed by atoms with Gasteiger partial charge in [0.2, 0.25) is 0 Å². The van der Waals surface area contributed by atoms with E-state index >= 15 is 0 Å². The van der Waals surface area contributed by atoms with Gasteiger partial charge in [-0.15, -0.1) is 0 Å². The first-order valence-corrected chi connectivity index (χ1v) is 6.93. The number of ether oxygens (including phenoxy) is 1. The van der Waals surface area contributed by atoms with Gasteiger partial charge in [0.1, 0.15) is 0 Å². The second kappa shape index (κ2) is 4.95. The first-order chi connectivity index (χ1) is 8.87. The van der Waals surface area contributed by atoms with Crippen LogP contribution in [0, 0.1) is 16.7 Å². The Morgan fingerprint density at radius 1 is 1.32 bits per heavy atom. The van der Waals surface area contributed by atoms with Crippen molar-refractivity contribution in [3.8, 4) is 0 Å². The van der Waals surface area contributed by atoms with Crippen LogP contribution in [0.25, 0.3) is 0 Å². The number of aromatic nitrogens is 1. The van der Waals surface area contributed by atoms with Gasteiger partial charge in [-0.05, 0) is 35.3 Å². The topological polar surface area (TPSA) is 39.2 Å². The molecule has 1 saturated carbocycles. The first kappa shape index (κ1) is 14.0. The van der Waals surface area contributed by atoms with Gasteiger partial charge in [0, 0.05) is 12.4 Å². The zero-order chi connectivity index (χ0) is 14.1. The van der Waals surface area contributed by atoms with Crippen LogP contribution in [0.1, 0.15) is 39.7 Å². The molecular weight excluding hydrogens is 238 g/mol. The lowest BCUT2D eigenvalue weighted by atomic mass is 10.0. The predicted octanol–water partition coefficient (Wildman–Crippen LogP) is 3.24. The molecule has 0 N–H and O–H groups in total. The monoisotopic (exact) mass is 261 g/mol. The molecule has 0 atom stereocenters. The number of nitrogens with zero attached hydrogens (tertiary/aromatic N) is 1. The number of aryl methyl sites for hydroxylation is 1. The molecule has 1 fully saturated rings. The number of rotatable bonds is 5. The zero-order valence-corrected chi connectivity index (χ0v) is 12.3. The van der Waals surface area contributed by atoms with Crippen molar-refractivity contribution in [2.75, 3.05) is 6.61 Å². The van der Waals surface area contributed by atoms with Gasteiger partial charge in [-0.1, -0.05) is 33.8 Å². The SMILES string of the molecule is CC1(C)C(C(=O)OCCCc2cccnc2)C1(C)C. The molecule has 0 saturated heterocycles. The van der Waals surface area contributed by atoms with E-state index in [1.807, 2.05) is 18.3 Å². The van der Waals surface area contributed by atoms with Crippen LogP contribution in [0.15, 0.2) is 24.5 Å². The molecule has 0 aliphatic heterocycles. The summed E-state index contributed by atoms with van der Waals surface area (Å²) in [7, 11) is 0. The van der Waals surface area contributed by atoms with Crippen LogP contribution < -0.4 is 0 Å². The molecule has 1 aromatic heterocycles. The molecule has 0 bridgehead atoms. The Labute approximate surface area is 115 Å². The Hall–Kier alpha value is -1.38. The van der Waals surface area contributed by atoms with Crippen molar-refractivity contribution in [1.82, 2.24) is 4.98 Å². The van der Waals surface area contributed by atoms with Gasteiger partial charge in [0.25, 0.3) is 0 Å². The maximum Gasteiger partial charge on any atom is 0.310 e. The summed E-state index contributed by atoms with van der Waals surface area (Å²) in [5.41, 5.74) is 1.31. The first-order valence-electron chi connectivity index (χ1n) is 6.93. The van der Waals surface area contributed by atoms with Crippen molar-refractivity contribution in [3.05, 3.63) is 30.1 Å². The van der Waals surface area contributed by atoms with E-state index in [1.54, 1.807) is 6.20 Å². The Morgan fingerprint density at radius 3 is 2.53 bits per heavy atom. The Morgan fingerprint density at radius 2 is 2.00 bits per heavy atom. The normalized spacial score (nSPS) is 20.0. The summed E-state index contributed by atoms with van der Waals surface area (Å²) in [5.74, 6) is -0.000390. The number of hydrogen-bond acceptors (Lipinski definition) is 3. The lowest BCUT2D eigenvalue weighted by Gasteiger charge is -2.06. The third-order valence-corrected chi connectivity index (χ3v) is 4.83. The van der Waals surface area contributed by atoms with Crippen molar-refractivity contribution >= 4 is 5.97 Å². The van der Waals surface area contributed by atoms with Gasteiger partial charge in [-0.25, -0.2) is 0 Å². The molecule has 0 aromatic carbocycles. The summed E-state index contributed by atoms with van der Waals surface area (Å²) in [4.78, 5) is 16.1. The molecule has 1 aromatic rings. The molecule has 2 rings (SSSR count). The number of pyridine rings is 1. The summed E-state index contributed by atoms with van der Waals surface area (Å²) < 4.78 is 5.40. The quantitative estimate of drug-likeness (QED) is 0.603. The fourth-order valence-corrected chi connectivity index (χ4v) is 2.86. The fraction of sp³-hybridized carbons (Fsp3) is 0.625. The Balaban J connectivity index is 1.71. The molecule has 1 heterocycles. The third-order valence-electron chi connectivity index (χ3n) is 4.83. The van der Waals surface area contributed by atoms with Crippen LogP contribution in [0.4, 0.5) is 0 Å². The maximum atomic E-state index is 12.0. The van der Waals surface area contributed by atoms with E-state index in [-0.39, 0.29) is 22.7 Å². The van der Waals surface area contributed by atoms with Crippen molar-refractivity contribution in [1.29, 1.82) is 0 Å². The molecule has 0 unspecified atom stereocenters. The van der Waals surface area contributed by atoms with E-state index in [0.717, 1.165) is 12.8 Å². The van der Waals surface area contributed by atoms with Crippen LogP contribution in [0.3, 0.4) is 0 Å².